The molecule has 21 heavy (non-hydrogen) atoms. The van der Waals surface area contributed by atoms with Crippen LogP contribution in [0.1, 0.15) is 37.7 Å². The van der Waals surface area contributed by atoms with E-state index in [0.29, 0.717) is 12.2 Å². The number of benzene rings is 1. The second kappa shape index (κ2) is 5.02. The first-order chi connectivity index (χ1) is 9.97. The van der Waals surface area contributed by atoms with Gasteiger partial charge in [-0.05, 0) is 17.9 Å². The highest BCUT2D eigenvalue weighted by Gasteiger charge is 2.26. The molecule has 110 valence electrons. The second-order valence-electron chi connectivity index (χ2n) is 6.60. The summed E-state index contributed by atoms with van der Waals surface area (Å²) in [5.74, 6) is 0.0108. The maximum Gasteiger partial charge on any atom is 0.275 e. The van der Waals surface area contributed by atoms with Crippen LogP contribution in [-0.4, -0.2) is 34.1 Å². The number of aromatic amines is 1. The molecule has 0 saturated heterocycles. The zero-order valence-electron chi connectivity index (χ0n) is 12.8. The van der Waals surface area contributed by atoms with Crippen LogP contribution in [-0.2, 0) is 0 Å². The number of para-hydroxylation sites is 1. The van der Waals surface area contributed by atoms with Crippen molar-refractivity contribution >= 4 is 16.8 Å². The summed E-state index contributed by atoms with van der Waals surface area (Å²) in [5.41, 5.74) is 3.05. The molecule has 1 aromatic carbocycles. The van der Waals surface area contributed by atoms with Crippen LogP contribution < -0.4 is 0 Å². The van der Waals surface area contributed by atoms with Gasteiger partial charge in [-0.1, -0.05) is 50.6 Å². The molecular weight excluding hydrogens is 262 g/mol. The van der Waals surface area contributed by atoms with Gasteiger partial charge in [-0.25, -0.2) is 0 Å². The molecule has 4 heteroatoms. The average Bonchev–Trinajstić information content (AvgIpc) is 2.90. The molecule has 1 aliphatic heterocycles. The molecule has 0 bridgehead atoms. The Morgan fingerprint density at radius 1 is 1.29 bits per heavy atom. The number of nitrogens with zero attached hydrogens (tertiary/aromatic N) is 2. The molecular formula is C17H21N3O. The molecule has 0 fully saturated rings. The molecule has 3 rings (SSSR count). The molecule has 2 heterocycles. The van der Waals surface area contributed by atoms with Crippen molar-refractivity contribution in [2.45, 2.75) is 27.2 Å². The number of nitrogens with one attached hydrogen (secondary N) is 1. The summed E-state index contributed by atoms with van der Waals surface area (Å²) >= 11 is 0. The van der Waals surface area contributed by atoms with Crippen LogP contribution in [0.5, 0.6) is 0 Å². The van der Waals surface area contributed by atoms with E-state index < -0.39 is 0 Å². The Morgan fingerprint density at radius 2 is 2.05 bits per heavy atom. The van der Waals surface area contributed by atoms with Crippen LogP contribution in [0, 0.1) is 5.41 Å². The third kappa shape index (κ3) is 2.58. The molecule has 4 nitrogen and oxygen atoms in total. The summed E-state index contributed by atoms with van der Waals surface area (Å²) in [6.07, 6.45) is 3.13. The van der Waals surface area contributed by atoms with Crippen molar-refractivity contribution in [3.8, 4) is 0 Å². The standard InChI is InChI=1S/C17H21N3O/c1-17(2,3)12-8-10-20(11-9-12)16(21)15-13-6-4-5-7-14(13)18-19-15/h4-8H,9-11H2,1-3H3,(H,18,19). The Morgan fingerprint density at radius 3 is 2.71 bits per heavy atom. The van der Waals surface area contributed by atoms with Crippen molar-refractivity contribution in [1.29, 1.82) is 0 Å². The van der Waals surface area contributed by atoms with Gasteiger partial charge in [-0.15, -0.1) is 0 Å². The molecule has 0 radical (unpaired) electrons. The first-order valence-corrected chi connectivity index (χ1v) is 7.39. The molecule has 2 aromatic rings. The van der Waals surface area contributed by atoms with Crippen LogP contribution in [0.2, 0.25) is 0 Å². The Kier molecular flexibility index (Phi) is 3.32. The molecule has 1 N–H and O–H groups in total. The van der Waals surface area contributed by atoms with Gasteiger partial charge in [0.05, 0.1) is 5.52 Å². The molecule has 0 saturated carbocycles. The van der Waals surface area contributed by atoms with E-state index in [-0.39, 0.29) is 11.3 Å². The van der Waals surface area contributed by atoms with E-state index in [4.69, 9.17) is 0 Å². The zero-order valence-corrected chi connectivity index (χ0v) is 12.8. The molecule has 0 spiro atoms. The van der Waals surface area contributed by atoms with Gasteiger partial charge in [0.1, 0.15) is 0 Å². The minimum absolute atomic E-state index is 0.0108. The Bertz CT molecular complexity index is 706. The maximum absolute atomic E-state index is 12.6. The lowest BCUT2D eigenvalue weighted by Gasteiger charge is -2.31. The third-order valence-electron chi connectivity index (χ3n) is 4.13. The molecule has 0 atom stereocenters. The van der Waals surface area contributed by atoms with Crippen molar-refractivity contribution in [3.05, 3.63) is 41.6 Å². The Labute approximate surface area is 124 Å². The number of hydrogen-bond acceptors (Lipinski definition) is 2. The SMILES string of the molecule is CC(C)(C)C1=CCN(C(=O)c2n[nH]c3ccccc23)CC1. The third-order valence-corrected chi connectivity index (χ3v) is 4.13. The molecule has 0 aliphatic carbocycles. The second-order valence-corrected chi connectivity index (χ2v) is 6.60. The summed E-state index contributed by atoms with van der Waals surface area (Å²) in [6, 6.07) is 7.75. The topological polar surface area (TPSA) is 49.0 Å². The van der Waals surface area contributed by atoms with Gasteiger partial charge in [-0.2, -0.15) is 5.10 Å². The van der Waals surface area contributed by atoms with Crippen LogP contribution in [0.15, 0.2) is 35.9 Å². The van der Waals surface area contributed by atoms with Crippen molar-refractivity contribution in [3.63, 3.8) is 0 Å². The quantitative estimate of drug-likeness (QED) is 0.816. The van der Waals surface area contributed by atoms with E-state index in [0.717, 1.165) is 23.9 Å². The van der Waals surface area contributed by atoms with E-state index in [9.17, 15) is 4.79 Å². The largest absolute Gasteiger partial charge is 0.333 e. The number of H-pyrrole nitrogens is 1. The number of fused-ring (bicyclic) bond motifs is 1. The summed E-state index contributed by atoms with van der Waals surface area (Å²) in [7, 11) is 0. The smallest absolute Gasteiger partial charge is 0.275 e. The number of amides is 1. The van der Waals surface area contributed by atoms with Crippen LogP contribution in [0.3, 0.4) is 0 Å². The number of carbonyl (C=O) groups excluding carboxylic acids is 1. The zero-order chi connectivity index (χ0) is 15.0. The highest BCUT2D eigenvalue weighted by Crippen LogP contribution is 2.30. The van der Waals surface area contributed by atoms with E-state index in [1.54, 1.807) is 0 Å². The number of aromatic nitrogens is 2. The lowest BCUT2D eigenvalue weighted by molar-refractivity contribution is 0.0761. The fourth-order valence-corrected chi connectivity index (χ4v) is 2.81. The van der Waals surface area contributed by atoms with Gasteiger partial charge < -0.3 is 4.90 Å². The van der Waals surface area contributed by atoms with Crippen LogP contribution in [0.4, 0.5) is 0 Å². The van der Waals surface area contributed by atoms with E-state index in [1.165, 1.54) is 5.57 Å². The van der Waals surface area contributed by atoms with Crippen molar-refractivity contribution in [2.24, 2.45) is 5.41 Å². The van der Waals surface area contributed by atoms with Gasteiger partial charge in [0.15, 0.2) is 5.69 Å². The number of hydrogen-bond donors (Lipinski definition) is 1. The van der Waals surface area contributed by atoms with Gasteiger partial charge in [0.2, 0.25) is 0 Å². The van der Waals surface area contributed by atoms with E-state index in [2.05, 4.69) is 37.0 Å². The summed E-state index contributed by atoms with van der Waals surface area (Å²) in [6.45, 7) is 8.10. The highest BCUT2D eigenvalue weighted by molar-refractivity contribution is 6.04. The van der Waals surface area contributed by atoms with Crippen molar-refractivity contribution < 1.29 is 4.79 Å². The van der Waals surface area contributed by atoms with E-state index >= 15 is 0 Å². The normalized spacial score (nSPS) is 16.1. The van der Waals surface area contributed by atoms with Crippen molar-refractivity contribution in [1.82, 2.24) is 15.1 Å². The molecule has 1 aliphatic rings. The molecule has 0 unspecified atom stereocenters. The Hall–Kier alpha value is -2.10. The lowest BCUT2D eigenvalue weighted by atomic mass is 9.83. The maximum atomic E-state index is 12.6. The monoisotopic (exact) mass is 283 g/mol. The fraction of sp³-hybridized carbons (Fsp3) is 0.412. The minimum Gasteiger partial charge on any atom is -0.333 e. The predicted molar refractivity (Wildman–Crippen MR) is 84.2 cm³/mol. The number of carbonyl (C=O) groups is 1. The fourth-order valence-electron chi connectivity index (χ4n) is 2.81. The van der Waals surface area contributed by atoms with E-state index in [1.807, 2.05) is 29.2 Å². The summed E-state index contributed by atoms with van der Waals surface area (Å²) in [5, 5.41) is 8.03. The number of rotatable bonds is 1. The first-order valence-electron chi connectivity index (χ1n) is 7.39. The first kappa shape index (κ1) is 13.9. The highest BCUT2D eigenvalue weighted by atomic mass is 16.2. The van der Waals surface area contributed by atoms with Gasteiger partial charge in [-0.3, -0.25) is 9.89 Å². The lowest BCUT2D eigenvalue weighted by Crippen LogP contribution is -2.36. The predicted octanol–water partition coefficient (Wildman–Crippen LogP) is 3.38. The van der Waals surface area contributed by atoms with Gasteiger partial charge >= 0.3 is 0 Å². The summed E-state index contributed by atoms with van der Waals surface area (Å²) < 4.78 is 0. The summed E-state index contributed by atoms with van der Waals surface area (Å²) in [4.78, 5) is 14.5. The minimum atomic E-state index is 0.0108. The molecule has 1 aromatic heterocycles. The van der Waals surface area contributed by atoms with Gasteiger partial charge in [0.25, 0.3) is 5.91 Å². The van der Waals surface area contributed by atoms with Crippen LogP contribution in [0.25, 0.3) is 10.9 Å². The Balaban J connectivity index is 1.83. The van der Waals surface area contributed by atoms with Crippen LogP contribution >= 0.6 is 0 Å². The molecule has 1 amide bonds. The average molecular weight is 283 g/mol. The van der Waals surface area contributed by atoms with Crippen molar-refractivity contribution in [2.75, 3.05) is 13.1 Å². The van der Waals surface area contributed by atoms with Gasteiger partial charge in [0, 0.05) is 18.5 Å².